The first kappa shape index (κ1) is 22.0. The number of ether oxygens (including phenoxy) is 1. The first-order chi connectivity index (χ1) is 13.9. The topological polar surface area (TPSA) is 135 Å². The molecule has 2 fully saturated rings. The Morgan fingerprint density at radius 2 is 1.97 bits per heavy atom. The number of carbonyl (C=O) groups is 2. The van der Waals surface area contributed by atoms with Crippen LogP contribution in [0.2, 0.25) is 0 Å². The molecule has 162 valence electrons. The van der Waals surface area contributed by atoms with Gasteiger partial charge in [-0.05, 0) is 31.1 Å². The predicted octanol–water partition coefficient (Wildman–Crippen LogP) is 1.74. The highest BCUT2D eigenvalue weighted by atomic mass is 32.1. The summed E-state index contributed by atoms with van der Waals surface area (Å²) in [4.78, 5) is 28.3. The molecule has 2 aliphatic carbocycles. The van der Waals surface area contributed by atoms with E-state index >= 15 is 0 Å². The summed E-state index contributed by atoms with van der Waals surface area (Å²) in [5.41, 5.74) is 7.71. The van der Waals surface area contributed by atoms with Gasteiger partial charge in [0.15, 0.2) is 0 Å². The molecular formula is C20H31N3O5S. The molecule has 0 radical (unpaired) electrons. The van der Waals surface area contributed by atoms with E-state index in [9.17, 15) is 19.8 Å². The van der Waals surface area contributed by atoms with Gasteiger partial charge in [0.25, 0.3) is 0 Å². The number of nitrogens with two attached hydrogens (primary N) is 1. The lowest BCUT2D eigenvalue weighted by Gasteiger charge is -2.31. The molecule has 8 nitrogen and oxygen atoms in total. The fourth-order valence-corrected chi connectivity index (χ4v) is 4.60. The molecule has 29 heavy (non-hydrogen) atoms. The summed E-state index contributed by atoms with van der Waals surface area (Å²) in [6.07, 6.45) is 4.27. The standard InChI is InChI=1S/C20H31N3O5S/c21-19(26)15(9-14-10-29-11-22-14)23-20(27)28-16(8-12-4-2-1-3-5-12)18(25)17(24)13-6-7-13/h10-13,15-18,24-25H,1-9H2,(H2,21,26)(H,23,27). The van der Waals surface area contributed by atoms with E-state index in [2.05, 4.69) is 10.3 Å². The second-order valence-corrected chi connectivity index (χ2v) is 9.00. The number of aliphatic hydroxyl groups excluding tert-OH is 2. The number of amides is 2. The Bertz CT molecular complexity index is 661. The second-order valence-electron chi connectivity index (χ2n) is 8.29. The van der Waals surface area contributed by atoms with Crippen molar-refractivity contribution >= 4 is 23.3 Å². The largest absolute Gasteiger partial charge is 0.443 e. The van der Waals surface area contributed by atoms with Crippen molar-refractivity contribution in [3.8, 4) is 0 Å². The Morgan fingerprint density at radius 1 is 1.24 bits per heavy atom. The lowest BCUT2D eigenvalue weighted by Crippen LogP contribution is -2.49. The van der Waals surface area contributed by atoms with Crippen LogP contribution in [0, 0.1) is 11.8 Å². The first-order valence-electron chi connectivity index (χ1n) is 10.4. The second kappa shape index (κ2) is 10.4. The molecule has 0 bridgehead atoms. The van der Waals surface area contributed by atoms with Gasteiger partial charge in [0.1, 0.15) is 18.2 Å². The van der Waals surface area contributed by atoms with Crippen LogP contribution in [0.5, 0.6) is 0 Å². The zero-order valence-corrected chi connectivity index (χ0v) is 17.4. The molecule has 5 N–H and O–H groups in total. The van der Waals surface area contributed by atoms with E-state index in [1.165, 1.54) is 17.8 Å². The van der Waals surface area contributed by atoms with Gasteiger partial charge in [-0.15, -0.1) is 11.3 Å². The summed E-state index contributed by atoms with van der Waals surface area (Å²) in [5, 5.41) is 25.3. The molecule has 3 rings (SSSR count). The number of alkyl carbamates (subject to hydrolysis) is 1. The maximum absolute atomic E-state index is 12.5. The van der Waals surface area contributed by atoms with Crippen LogP contribution >= 0.6 is 11.3 Å². The lowest BCUT2D eigenvalue weighted by molar-refractivity contribution is -0.120. The van der Waals surface area contributed by atoms with E-state index in [0.29, 0.717) is 18.0 Å². The van der Waals surface area contributed by atoms with Crippen molar-refractivity contribution in [2.24, 2.45) is 17.6 Å². The van der Waals surface area contributed by atoms with E-state index in [-0.39, 0.29) is 12.3 Å². The van der Waals surface area contributed by atoms with Gasteiger partial charge in [0.05, 0.1) is 17.3 Å². The zero-order chi connectivity index (χ0) is 20.8. The van der Waals surface area contributed by atoms with Crippen molar-refractivity contribution < 1.29 is 24.5 Å². The Morgan fingerprint density at radius 3 is 2.55 bits per heavy atom. The molecule has 0 spiro atoms. The number of nitrogens with zero attached hydrogens (tertiary/aromatic N) is 1. The zero-order valence-electron chi connectivity index (χ0n) is 16.5. The van der Waals surface area contributed by atoms with E-state index in [1.54, 1.807) is 10.9 Å². The molecule has 0 aliphatic heterocycles. The highest BCUT2D eigenvalue weighted by molar-refractivity contribution is 7.07. The summed E-state index contributed by atoms with van der Waals surface area (Å²) in [6, 6.07) is -0.953. The fourth-order valence-electron chi connectivity index (χ4n) is 4.03. The number of hydrogen-bond donors (Lipinski definition) is 4. The van der Waals surface area contributed by atoms with Gasteiger partial charge < -0.3 is 26.0 Å². The van der Waals surface area contributed by atoms with Crippen LogP contribution in [0.15, 0.2) is 10.9 Å². The minimum absolute atomic E-state index is 0.0635. The highest BCUT2D eigenvalue weighted by Crippen LogP contribution is 2.36. The van der Waals surface area contributed by atoms with Gasteiger partial charge in [-0.25, -0.2) is 9.78 Å². The summed E-state index contributed by atoms with van der Waals surface area (Å²) < 4.78 is 5.53. The van der Waals surface area contributed by atoms with Crippen molar-refractivity contribution in [1.82, 2.24) is 10.3 Å². The van der Waals surface area contributed by atoms with Crippen LogP contribution in [0.1, 0.15) is 57.1 Å². The van der Waals surface area contributed by atoms with Gasteiger partial charge in [-0.3, -0.25) is 4.79 Å². The number of aliphatic hydroxyl groups is 2. The highest BCUT2D eigenvalue weighted by Gasteiger charge is 2.40. The van der Waals surface area contributed by atoms with E-state index in [4.69, 9.17) is 10.5 Å². The Kier molecular flexibility index (Phi) is 7.85. The number of rotatable bonds is 10. The van der Waals surface area contributed by atoms with Crippen LogP contribution in [0.25, 0.3) is 0 Å². The third-order valence-electron chi connectivity index (χ3n) is 5.92. The van der Waals surface area contributed by atoms with Crippen LogP contribution in [-0.2, 0) is 16.0 Å². The van der Waals surface area contributed by atoms with E-state index in [0.717, 1.165) is 38.5 Å². The molecule has 1 aromatic rings. The van der Waals surface area contributed by atoms with E-state index in [1.807, 2.05) is 0 Å². The van der Waals surface area contributed by atoms with Crippen molar-refractivity contribution in [3.63, 3.8) is 0 Å². The molecule has 2 aliphatic rings. The minimum atomic E-state index is -1.14. The van der Waals surface area contributed by atoms with Crippen LogP contribution in [0.4, 0.5) is 4.79 Å². The number of aromatic nitrogens is 1. The third-order valence-corrected chi connectivity index (χ3v) is 6.55. The van der Waals surface area contributed by atoms with Crippen molar-refractivity contribution in [2.75, 3.05) is 0 Å². The molecule has 1 heterocycles. The molecule has 0 saturated heterocycles. The average molecular weight is 426 g/mol. The Labute approximate surface area is 174 Å². The number of thiazole rings is 1. The third kappa shape index (κ3) is 6.65. The lowest BCUT2D eigenvalue weighted by atomic mass is 9.83. The van der Waals surface area contributed by atoms with Gasteiger partial charge in [0.2, 0.25) is 5.91 Å². The molecule has 9 heteroatoms. The van der Waals surface area contributed by atoms with Crippen LogP contribution in [0.3, 0.4) is 0 Å². The van der Waals surface area contributed by atoms with Gasteiger partial charge in [-0.1, -0.05) is 32.1 Å². The summed E-state index contributed by atoms with van der Waals surface area (Å²) in [7, 11) is 0. The summed E-state index contributed by atoms with van der Waals surface area (Å²) in [6.45, 7) is 0. The van der Waals surface area contributed by atoms with Gasteiger partial charge in [0, 0.05) is 11.8 Å². The number of hydrogen-bond acceptors (Lipinski definition) is 7. The van der Waals surface area contributed by atoms with Crippen molar-refractivity contribution in [1.29, 1.82) is 0 Å². The molecule has 1 aromatic heterocycles. The van der Waals surface area contributed by atoms with Crippen molar-refractivity contribution in [3.05, 3.63) is 16.6 Å². The molecule has 0 aromatic carbocycles. The molecule has 4 unspecified atom stereocenters. The number of primary amides is 1. The van der Waals surface area contributed by atoms with Crippen LogP contribution < -0.4 is 11.1 Å². The van der Waals surface area contributed by atoms with E-state index < -0.39 is 36.4 Å². The predicted molar refractivity (Wildman–Crippen MR) is 108 cm³/mol. The summed E-state index contributed by atoms with van der Waals surface area (Å²) in [5.74, 6) is -0.268. The molecule has 2 amide bonds. The Balaban J connectivity index is 1.61. The summed E-state index contributed by atoms with van der Waals surface area (Å²) >= 11 is 1.39. The average Bonchev–Trinajstić information content (AvgIpc) is 3.43. The fraction of sp³-hybridized carbons (Fsp3) is 0.750. The number of carbonyl (C=O) groups excluding carboxylic acids is 2. The normalized spacial score (nSPS) is 21.7. The quantitative estimate of drug-likeness (QED) is 0.451. The SMILES string of the molecule is NC(=O)C(Cc1cscn1)NC(=O)OC(CC1CCCCC1)C(O)C(O)C1CC1. The first-order valence-corrected chi connectivity index (χ1v) is 11.4. The molecule has 4 atom stereocenters. The Hall–Kier alpha value is -1.71. The monoisotopic (exact) mass is 425 g/mol. The van der Waals surface area contributed by atoms with Gasteiger partial charge in [-0.2, -0.15) is 0 Å². The smallest absolute Gasteiger partial charge is 0.408 e. The van der Waals surface area contributed by atoms with Gasteiger partial charge >= 0.3 is 6.09 Å². The maximum atomic E-state index is 12.5. The van der Waals surface area contributed by atoms with Crippen LogP contribution in [-0.4, -0.2) is 51.6 Å². The number of nitrogens with one attached hydrogen (secondary N) is 1. The minimum Gasteiger partial charge on any atom is -0.443 e. The molecule has 2 saturated carbocycles. The molecular weight excluding hydrogens is 394 g/mol. The van der Waals surface area contributed by atoms with Crippen molar-refractivity contribution in [2.45, 2.75) is 82.1 Å². The maximum Gasteiger partial charge on any atom is 0.408 e.